The van der Waals surface area contributed by atoms with E-state index in [4.69, 9.17) is 15.8 Å². The highest BCUT2D eigenvalue weighted by Crippen LogP contribution is 2.19. The molecule has 1 heterocycles. The molecule has 0 aliphatic carbocycles. The monoisotopic (exact) mass is 375 g/mol. The fraction of sp³-hybridized carbons (Fsp3) is 0.143. The van der Waals surface area contributed by atoms with Gasteiger partial charge in [0.05, 0.1) is 25.3 Å². The molecule has 0 bridgehead atoms. The van der Waals surface area contributed by atoms with Crippen LogP contribution >= 0.6 is 0 Å². The van der Waals surface area contributed by atoms with Gasteiger partial charge in [0, 0.05) is 23.0 Å². The summed E-state index contributed by atoms with van der Waals surface area (Å²) in [7, 11) is 1.54. The summed E-state index contributed by atoms with van der Waals surface area (Å²) < 4.78 is 4.95. The fourth-order valence-corrected chi connectivity index (χ4v) is 2.36. The summed E-state index contributed by atoms with van der Waals surface area (Å²) in [5, 5.41) is 8.32. The molecule has 3 N–H and O–H groups in total. The number of nitriles is 1. The van der Waals surface area contributed by atoms with Crippen LogP contribution in [0.5, 0.6) is 5.75 Å². The minimum Gasteiger partial charge on any atom is -0.497 e. The minimum absolute atomic E-state index is 0.0901. The van der Waals surface area contributed by atoms with Crippen molar-refractivity contribution in [2.75, 3.05) is 12.5 Å². The van der Waals surface area contributed by atoms with E-state index >= 15 is 0 Å². The number of carbonyl (C=O) groups is 1. The summed E-state index contributed by atoms with van der Waals surface area (Å²) in [6, 6.07) is 18.2. The van der Waals surface area contributed by atoms with Crippen molar-refractivity contribution in [1.82, 2.24) is 9.97 Å². The number of nitrogens with zero attached hydrogens (tertiary/aromatic N) is 3. The lowest BCUT2D eigenvalue weighted by molar-refractivity contribution is 0.0997. The Morgan fingerprint density at radius 2 is 2.00 bits per heavy atom. The Labute approximate surface area is 163 Å². The molecule has 28 heavy (non-hydrogen) atoms. The van der Waals surface area contributed by atoms with E-state index in [1.807, 2.05) is 43.3 Å². The average molecular weight is 375 g/mol. The zero-order valence-electron chi connectivity index (χ0n) is 15.7. The van der Waals surface area contributed by atoms with Gasteiger partial charge in [0.1, 0.15) is 11.6 Å². The van der Waals surface area contributed by atoms with Gasteiger partial charge in [-0.3, -0.25) is 10.6 Å². The first-order valence-corrected chi connectivity index (χ1v) is 8.48. The van der Waals surface area contributed by atoms with Gasteiger partial charge in [-0.25, -0.2) is 9.97 Å². The first kappa shape index (κ1) is 20.6. The Morgan fingerprint density at radius 3 is 2.68 bits per heavy atom. The number of methoxy groups -OCH3 is 1. The van der Waals surface area contributed by atoms with Crippen molar-refractivity contribution in [1.29, 1.82) is 5.26 Å². The van der Waals surface area contributed by atoms with E-state index in [2.05, 4.69) is 15.4 Å². The van der Waals surface area contributed by atoms with Crippen molar-refractivity contribution >= 4 is 11.5 Å². The quantitative estimate of drug-likeness (QED) is 0.398. The average Bonchev–Trinajstić information content (AvgIpc) is 2.74. The summed E-state index contributed by atoms with van der Waals surface area (Å²) >= 11 is 0. The molecule has 0 spiro atoms. The van der Waals surface area contributed by atoms with Gasteiger partial charge in [-0.05, 0) is 37.3 Å². The van der Waals surface area contributed by atoms with Gasteiger partial charge in [-0.15, -0.1) is 0 Å². The van der Waals surface area contributed by atoms with Crippen LogP contribution in [0.2, 0.25) is 0 Å². The van der Waals surface area contributed by atoms with Crippen LogP contribution in [0, 0.1) is 18.3 Å². The van der Waals surface area contributed by atoms with Crippen molar-refractivity contribution < 1.29 is 9.53 Å². The van der Waals surface area contributed by atoms with Crippen LogP contribution in [-0.2, 0) is 0 Å². The highest BCUT2D eigenvalue weighted by atomic mass is 16.5. The summed E-state index contributed by atoms with van der Waals surface area (Å²) in [5.74, 6) is 6.56. The molecule has 7 heteroatoms. The molecule has 2 aromatic carbocycles. The lowest BCUT2D eigenvalue weighted by Crippen LogP contribution is -2.06. The van der Waals surface area contributed by atoms with E-state index in [1.165, 1.54) is 7.11 Å². The standard InChI is InChI=1S/C11H12N4.C10H9NO2/c1-8-13-6-5-11(14-8)9-3-2-4-10(7-9)15-12;1-13-9-4-2-3-8(7-9)10(12)5-6-11/h2-7,15H,12H2,1H3;2-4,7H,5H2,1H3. The van der Waals surface area contributed by atoms with Crippen LogP contribution in [0.15, 0.2) is 60.8 Å². The molecule has 0 aliphatic heterocycles. The second-order valence-corrected chi connectivity index (χ2v) is 5.70. The molecule has 0 amide bonds. The number of nitrogens with one attached hydrogen (secondary N) is 1. The van der Waals surface area contributed by atoms with E-state index < -0.39 is 0 Å². The second kappa shape index (κ2) is 10.4. The molecule has 142 valence electrons. The van der Waals surface area contributed by atoms with Crippen LogP contribution in [0.25, 0.3) is 11.3 Å². The zero-order chi connectivity index (χ0) is 20.4. The number of nitrogen functional groups attached to an aromatic ring is 1. The molecule has 0 radical (unpaired) electrons. The van der Waals surface area contributed by atoms with Crippen molar-refractivity contribution in [2.45, 2.75) is 13.3 Å². The molecule has 3 rings (SSSR count). The number of hydrogen-bond donors (Lipinski definition) is 2. The number of benzene rings is 2. The summed E-state index contributed by atoms with van der Waals surface area (Å²) in [4.78, 5) is 19.6. The van der Waals surface area contributed by atoms with Gasteiger partial charge in [-0.2, -0.15) is 5.26 Å². The van der Waals surface area contributed by atoms with Crippen molar-refractivity contribution in [3.63, 3.8) is 0 Å². The van der Waals surface area contributed by atoms with Crippen LogP contribution in [0.3, 0.4) is 0 Å². The van der Waals surface area contributed by atoms with Crippen LogP contribution in [0.4, 0.5) is 5.69 Å². The van der Waals surface area contributed by atoms with E-state index in [9.17, 15) is 4.79 Å². The number of carbonyl (C=O) groups excluding carboxylic acids is 1. The number of aryl methyl sites for hydroxylation is 1. The molecule has 7 nitrogen and oxygen atoms in total. The third-order valence-corrected chi connectivity index (χ3v) is 3.73. The minimum atomic E-state index is -0.179. The molecule has 0 unspecified atom stereocenters. The fourth-order valence-electron chi connectivity index (χ4n) is 2.36. The Bertz CT molecular complexity index is 982. The third-order valence-electron chi connectivity index (χ3n) is 3.73. The number of hydrazine groups is 1. The third kappa shape index (κ3) is 5.90. The molecule has 1 aromatic heterocycles. The second-order valence-electron chi connectivity index (χ2n) is 5.70. The number of rotatable bonds is 5. The van der Waals surface area contributed by atoms with Gasteiger partial charge in [0.15, 0.2) is 5.78 Å². The largest absolute Gasteiger partial charge is 0.497 e. The van der Waals surface area contributed by atoms with E-state index in [0.29, 0.717) is 11.3 Å². The molecule has 0 fully saturated rings. The summed E-state index contributed by atoms with van der Waals surface area (Å²) in [6.07, 6.45) is 1.66. The van der Waals surface area contributed by atoms with Gasteiger partial charge in [0.2, 0.25) is 0 Å². The summed E-state index contributed by atoms with van der Waals surface area (Å²) in [6.45, 7) is 1.87. The van der Waals surface area contributed by atoms with E-state index in [-0.39, 0.29) is 12.2 Å². The number of ketones is 1. The van der Waals surface area contributed by atoms with E-state index in [0.717, 1.165) is 22.8 Å². The predicted octanol–water partition coefficient (Wildman–Crippen LogP) is 3.53. The number of anilines is 1. The molecule has 0 aliphatic rings. The SMILES string of the molecule is COc1cccc(C(=O)CC#N)c1.Cc1nccc(-c2cccc(NN)c2)n1. The normalized spacial score (nSPS) is 9.50. The van der Waals surface area contributed by atoms with Crippen LogP contribution < -0.4 is 16.0 Å². The molecule has 0 atom stereocenters. The van der Waals surface area contributed by atoms with Crippen LogP contribution in [-0.4, -0.2) is 22.9 Å². The van der Waals surface area contributed by atoms with Gasteiger partial charge >= 0.3 is 0 Å². The number of aromatic nitrogens is 2. The maximum Gasteiger partial charge on any atom is 0.177 e. The van der Waals surface area contributed by atoms with Crippen molar-refractivity contribution in [3.05, 3.63) is 72.2 Å². The topological polar surface area (TPSA) is 114 Å². The lowest BCUT2D eigenvalue weighted by Gasteiger charge is -2.04. The number of nitrogens with two attached hydrogens (primary N) is 1. The molecule has 0 saturated carbocycles. The predicted molar refractivity (Wildman–Crippen MR) is 108 cm³/mol. The van der Waals surface area contributed by atoms with Crippen molar-refractivity contribution in [2.24, 2.45) is 5.84 Å². The Morgan fingerprint density at radius 1 is 1.21 bits per heavy atom. The number of ether oxygens (including phenoxy) is 1. The maximum atomic E-state index is 11.2. The van der Waals surface area contributed by atoms with E-state index in [1.54, 1.807) is 30.5 Å². The Kier molecular flexibility index (Phi) is 7.64. The Balaban J connectivity index is 0.000000203. The van der Waals surface area contributed by atoms with Crippen molar-refractivity contribution in [3.8, 4) is 23.1 Å². The zero-order valence-corrected chi connectivity index (χ0v) is 15.7. The lowest BCUT2D eigenvalue weighted by atomic mass is 10.1. The number of hydrogen-bond acceptors (Lipinski definition) is 7. The molecular formula is C21H21N5O2. The molecule has 3 aromatic rings. The highest BCUT2D eigenvalue weighted by Gasteiger charge is 2.05. The van der Waals surface area contributed by atoms with Gasteiger partial charge in [0.25, 0.3) is 0 Å². The number of Topliss-reactive ketones (excluding diaryl/α,β-unsaturated/α-hetero) is 1. The van der Waals surface area contributed by atoms with Gasteiger partial charge in [-0.1, -0.05) is 24.3 Å². The molecular weight excluding hydrogens is 354 g/mol. The first-order chi connectivity index (χ1) is 13.6. The first-order valence-electron chi connectivity index (χ1n) is 8.48. The smallest absolute Gasteiger partial charge is 0.177 e. The Hall–Kier alpha value is -3.76. The highest BCUT2D eigenvalue weighted by molar-refractivity contribution is 5.97. The maximum absolute atomic E-state index is 11.2. The summed E-state index contributed by atoms with van der Waals surface area (Å²) in [5.41, 5.74) is 5.91. The van der Waals surface area contributed by atoms with Gasteiger partial charge < -0.3 is 10.2 Å². The molecule has 0 saturated heterocycles. The van der Waals surface area contributed by atoms with Crippen LogP contribution in [0.1, 0.15) is 22.6 Å².